The highest BCUT2D eigenvalue weighted by atomic mass is 15.2. The highest BCUT2D eigenvalue weighted by Gasteiger charge is 2.23. The van der Waals surface area contributed by atoms with Gasteiger partial charge in [-0.15, -0.1) is 0 Å². The van der Waals surface area contributed by atoms with E-state index in [0.717, 1.165) is 57.4 Å². The fourth-order valence-electron chi connectivity index (χ4n) is 8.08. The van der Waals surface area contributed by atoms with E-state index in [4.69, 9.17) is 9.98 Å². The molecule has 2 unspecified atom stereocenters. The molecule has 0 saturated heterocycles. The van der Waals surface area contributed by atoms with Gasteiger partial charge < -0.3 is 9.47 Å². The lowest BCUT2D eigenvalue weighted by Crippen LogP contribution is -2.33. The predicted octanol–water partition coefficient (Wildman–Crippen LogP) is 10.8. The first kappa shape index (κ1) is 31.9. The van der Waals surface area contributed by atoms with Crippen molar-refractivity contribution in [3.63, 3.8) is 0 Å². The summed E-state index contributed by atoms with van der Waals surface area (Å²) in [4.78, 5) is 12.6. The zero-order valence-corrected chi connectivity index (χ0v) is 29.8. The van der Waals surface area contributed by atoms with Crippen LogP contribution in [-0.4, -0.2) is 21.6 Å². The molecule has 0 amide bonds. The van der Waals surface area contributed by atoms with Gasteiger partial charge in [0.2, 0.25) is 0 Å². The predicted molar refractivity (Wildman–Crippen MR) is 224 cm³/mol. The Kier molecular flexibility index (Phi) is 8.07. The second-order valence-corrected chi connectivity index (χ2v) is 14.1. The van der Waals surface area contributed by atoms with Crippen molar-refractivity contribution in [2.75, 3.05) is 4.90 Å². The molecular formula is C50H38N4. The van der Waals surface area contributed by atoms with Crippen molar-refractivity contribution in [1.82, 2.24) is 9.55 Å². The third-order valence-electron chi connectivity index (χ3n) is 10.8. The minimum absolute atomic E-state index is 0.139. The molecule has 1 aliphatic carbocycles. The molecule has 0 saturated carbocycles. The molecule has 2 aromatic heterocycles. The normalized spacial score (nSPS) is 16.3. The summed E-state index contributed by atoms with van der Waals surface area (Å²) < 4.78 is 2.37. The summed E-state index contributed by atoms with van der Waals surface area (Å²) in [6.07, 6.45) is 11.2. The van der Waals surface area contributed by atoms with E-state index >= 15 is 0 Å². The number of para-hydroxylation sites is 4. The summed E-state index contributed by atoms with van der Waals surface area (Å²) in [5, 5.41) is 4.69. The van der Waals surface area contributed by atoms with Crippen LogP contribution in [0.5, 0.6) is 0 Å². The summed E-state index contributed by atoms with van der Waals surface area (Å²) in [6, 6.07) is 60.8. The number of hydrogen-bond acceptors (Lipinski definition) is 3. The molecule has 0 N–H and O–H groups in total. The Morgan fingerprint density at radius 1 is 0.574 bits per heavy atom. The summed E-state index contributed by atoms with van der Waals surface area (Å²) in [7, 11) is 0. The van der Waals surface area contributed by atoms with Gasteiger partial charge in [-0.1, -0.05) is 127 Å². The number of anilines is 2. The van der Waals surface area contributed by atoms with E-state index in [-0.39, 0.29) is 12.1 Å². The molecule has 4 nitrogen and oxygen atoms in total. The van der Waals surface area contributed by atoms with Gasteiger partial charge in [-0.25, -0.2) is 4.98 Å². The maximum Gasteiger partial charge on any atom is 0.0788 e. The molecule has 2 aliphatic rings. The van der Waals surface area contributed by atoms with E-state index in [1.165, 1.54) is 33.0 Å². The molecule has 4 heteroatoms. The topological polar surface area (TPSA) is 33.4 Å². The first-order valence-electron chi connectivity index (χ1n) is 18.8. The number of aromatic nitrogens is 2. The molecule has 258 valence electrons. The van der Waals surface area contributed by atoms with E-state index in [9.17, 15) is 0 Å². The molecule has 1 aliphatic heterocycles. The number of fused-ring (bicyclic) bond motifs is 3. The minimum Gasteiger partial charge on any atom is -0.334 e. The zero-order valence-electron chi connectivity index (χ0n) is 29.8. The Morgan fingerprint density at radius 2 is 1.28 bits per heavy atom. The number of pyridine rings is 1. The van der Waals surface area contributed by atoms with E-state index in [2.05, 4.69) is 198 Å². The number of hydrogen-bond donors (Lipinski definition) is 0. The number of rotatable bonds is 7. The maximum absolute atomic E-state index is 5.12. The fraction of sp³-hybridized carbons (Fsp3) is 0.0800. The Labute approximate surface area is 315 Å². The van der Waals surface area contributed by atoms with Crippen LogP contribution in [-0.2, 0) is 0 Å². The average Bonchev–Trinajstić information content (AvgIpc) is 3.64. The second-order valence-electron chi connectivity index (χ2n) is 14.1. The number of benzene rings is 6. The van der Waals surface area contributed by atoms with Crippen LogP contribution in [0.15, 0.2) is 199 Å². The van der Waals surface area contributed by atoms with Gasteiger partial charge in [0.1, 0.15) is 0 Å². The molecule has 0 spiro atoms. The molecule has 6 aromatic carbocycles. The van der Waals surface area contributed by atoms with E-state index in [1.54, 1.807) is 0 Å². The fourth-order valence-corrected chi connectivity index (χ4v) is 8.08. The van der Waals surface area contributed by atoms with E-state index < -0.39 is 0 Å². The molecule has 8 aromatic rings. The van der Waals surface area contributed by atoms with Gasteiger partial charge in [-0.2, -0.15) is 0 Å². The lowest BCUT2D eigenvalue weighted by atomic mass is 9.93. The largest absolute Gasteiger partial charge is 0.334 e. The standard InChI is InChI=1S/C50H38N4/c1-2-13-41(14-3-1)54-49-17-9-6-12-40(49)34-50(54)39-22-30-44(31-23-39)53(42-26-18-37(19-27-42)47-32-24-35-10-4-7-15-45(35)51-47)43-28-20-38(21-29-43)48-33-25-36-11-5-8-16-46(36)52-48/h1-28,30-32,34,43,48H,29,33H2. The van der Waals surface area contributed by atoms with Crippen LogP contribution in [0.3, 0.4) is 0 Å². The van der Waals surface area contributed by atoms with Crippen LogP contribution in [0.1, 0.15) is 12.8 Å². The second kappa shape index (κ2) is 13.6. The first-order valence-corrected chi connectivity index (χ1v) is 18.8. The third-order valence-corrected chi connectivity index (χ3v) is 10.8. The van der Waals surface area contributed by atoms with Gasteiger partial charge in [-0.3, -0.25) is 4.99 Å². The summed E-state index contributed by atoms with van der Waals surface area (Å²) >= 11 is 0. The van der Waals surface area contributed by atoms with Crippen LogP contribution in [0.25, 0.3) is 56.1 Å². The lowest BCUT2D eigenvalue weighted by molar-refractivity contribution is 0.733. The van der Waals surface area contributed by atoms with Crippen LogP contribution >= 0.6 is 0 Å². The summed E-state index contributed by atoms with van der Waals surface area (Å²) in [5.41, 5.74) is 11.4. The first-order chi connectivity index (χ1) is 26.7. The van der Waals surface area contributed by atoms with Gasteiger partial charge in [0.15, 0.2) is 0 Å². The van der Waals surface area contributed by atoms with Gasteiger partial charge >= 0.3 is 0 Å². The summed E-state index contributed by atoms with van der Waals surface area (Å²) in [5.74, 6) is 0. The monoisotopic (exact) mass is 694 g/mol. The molecule has 0 bridgehead atoms. The van der Waals surface area contributed by atoms with Crippen molar-refractivity contribution in [2.45, 2.75) is 24.9 Å². The van der Waals surface area contributed by atoms with Gasteiger partial charge in [-0.05, 0) is 95.9 Å². The maximum atomic E-state index is 5.12. The smallest absolute Gasteiger partial charge is 0.0788 e. The lowest BCUT2D eigenvalue weighted by Gasteiger charge is -2.34. The third kappa shape index (κ3) is 5.92. The molecular weight excluding hydrogens is 657 g/mol. The van der Waals surface area contributed by atoms with Crippen LogP contribution in [0.2, 0.25) is 0 Å². The quantitative estimate of drug-likeness (QED) is 0.166. The van der Waals surface area contributed by atoms with E-state index in [0.29, 0.717) is 0 Å². The van der Waals surface area contributed by atoms with Crippen molar-refractivity contribution >= 4 is 39.3 Å². The van der Waals surface area contributed by atoms with Gasteiger partial charge in [0.25, 0.3) is 0 Å². The molecule has 10 rings (SSSR count). The molecule has 0 fully saturated rings. The Morgan fingerprint density at radius 3 is 2.07 bits per heavy atom. The van der Waals surface area contributed by atoms with Crippen molar-refractivity contribution in [3.05, 3.63) is 204 Å². The van der Waals surface area contributed by atoms with Crippen molar-refractivity contribution < 1.29 is 0 Å². The van der Waals surface area contributed by atoms with Gasteiger partial charge in [0, 0.05) is 33.4 Å². The average molecular weight is 695 g/mol. The van der Waals surface area contributed by atoms with Crippen LogP contribution < -0.4 is 15.5 Å². The van der Waals surface area contributed by atoms with Gasteiger partial charge in [0.05, 0.1) is 39.9 Å². The number of nitrogens with zero attached hydrogens (tertiary/aromatic N) is 4. The molecule has 2 atom stereocenters. The van der Waals surface area contributed by atoms with Crippen molar-refractivity contribution in [3.8, 4) is 28.2 Å². The summed E-state index contributed by atoms with van der Waals surface area (Å²) in [6.45, 7) is 0. The van der Waals surface area contributed by atoms with Crippen LogP contribution in [0, 0.1) is 0 Å². The SMILES string of the molecule is C1=CC(N(c2ccc(-c3ccc4ccccc4n3)cc2)c2ccc(-c3cc4ccccc4n3-c3ccccc3)cc2)CC=C1C1CC=c2ccccc2=N1. The van der Waals surface area contributed by atoms with Crippen molar-refractivity contribution in [1.29, 1.82) is 0 Å². The molecule has 3 heterocycles. The Bertz CT molecular complexity index is 2830. The minimum atomic E-state index is 0.139. The highest BCUT2D eigenvalue weighted by molar-refractivity contribution is 5.89. The highest BCUT2D eigenvalue weighted by Crippen LogP contribution is 2.37. The Balaban J connectivity index is 1.01. The van der Waals surface area contributed by atoms with Crippen molar-refractivity contribution in [2.24, 2.45) is 4.99 Å². The zero-order chi connectivity index (χ0) is 35.8. The Hall–Kier alpha value is -6.78. The molecule has 0 radical (unpaired) electrons. The van der Waals surface area contributed by atoms with Crippen LogP contribution in [0.4, 0.5) is 11.4 Å². The van der Waals surface area contributed by atoms with E-state index in [1.807, 2.05) is 6.07 Å². The molecule has 54 heavy (non-hydrogen) atoms.